The van der Waals surface area contributed by atoms with Gasteiger partial charge in [-0.15, -0.1) is 0 Å². The van der Waals surface area contributed by atoms with Crippen molar-refractivity contribution in [2.75, 3.05) is 17.7 Å². The number of aliphatic hydroxyl groups is 2. The number of aromatic nitrogens is 7. The fraction of sp³-hybridized carbons (Fsp3) is 0.261. The number of hydrogen-bond acceptors (Lipinski definition) is 10. The SMILES string of the molecule is Cn1c(Nc2nc3c(=O)[nH]c(N)nc3n2C2CC(O)C(CO)O2)nc2ncc(-c3ccccc3)cc21. The maximum atomic E-state index is 12.6. The van der Waals surface area contributed by atoms with Crippen LogP contribution in [0.15, 0.2) is 47.4 Å². The summed E-state index contributed by atoms with van der Waals surface area (Å²) in [7, 11) is 1.84. The first kappa shape index (κ1) is 22.2. The molecule has 1 aliphatic rings. The van der Waals surface area contributed by atoms with Crippen molar-refractivity contribution in [1.82, 2.24) is 34.1 Å². The summed E-state index contributed by atoms with van der Waals surface area (Å²) >= 11 is 0. The Kier molecular flexibility index (Phi) is 5.17. The third-order valence-electron chi connectivity index (χ3n) is 6.31. The minimum absolute atomic E-state index is 0.0421. The van der Waals surface area contributed by atoms with Crippen LogP contribution in [0.25, 0.3) is 33.5 Å². The predicted octanol–water partition coefficient (Wildman–Crippen LogP) is 1.03. The Labute approximate surface area is 203 Å². The normalized spacial score (nSPS) is 19.9. The van der Waals surface area contributed by atoms with Crippen LogP contribution in [0.5, 0.6) is 0 Å². The molecule has 3 atom stereocenters. The van der Waals surface area contributed by atoms with E-state index >= 15 is 0 Å². The van der Waals surface area contributed by atoms with Crippen LogP contribution in [0, 0.1) is 0 Å². The van der Waals surface area contributed by atoms with Gasteiger partial charge in [0.2, 0.25) is 17.8 Å². The molecule has 5 heterocycles. The molecule has 1 aliphatic heterocycles. The van der Waals surface area contributed by atoms with E-state index in [0.717, 1.165) is 16.6 Å². The van der Waals surface area contributed by atoms with Crippen LogP contribution in [0.3, 0.4) is 0 Å². The average Bonchev–Trinajstić information content (AvgIpc) is 3.52. The van der Waals surface area contributed by atoms with Crippen molar-refractivity contribution >= 4 is 40.2 Å². The van der Waals surface area contributed by atoms with Crippen molar-refractivity contribution < 1.29 is 14.9 Å². The third kappa shape index (κ3) is 3.57. The van der Waals surface area contributed by atoms with Crippen molar-refractivity contribution in [3.05, 3.63) is 52.9 Å². The molecule has 4 aromatic heterocycles. The van der Waals surface area contributed by atoms with Gasteiger partial charge in [-0.1, -0.05) is 30.3 Å². The molecule has 6 N–H and O–H groups in total. The summed E-state index contributed by atoms with van der Waals surface area (Å²) in [5.41, 5.74) is 8.78. The van der Waals surface area contributed by atoms with E-state index < -0.39 is 24.0 Å². The van der Waals surface area contributed by atoms with Crippen LogP contribution in [-0.4, -0.2) is 63.1 Å². The number of hydrogen-bond donors (Lipinski definition) is 5. The number of aromatic amines is 1. The fourth-order valence-corrected chi connectivity index (χ4v) is 4.47. The molecular formula is C23H23N9O4. The smallest absolute Gasteiger partial charge is 0.280 e. The van der Waals surface area contributed by atoms with Crippen LogP contribution in [0.2, 0.25) is 0 Å². The van der Waals surface area contributed by atoms with Gasteiger partial charge in [-0.05, 0) is 11.6 Å². The molecule has 5 aromatic rings. The summed E-state index contributed by atoms with van der Waals surface area (Å²) in [5, 5.41) is 23.0. The summed E-state index contributed by atoms with van der Waals surface area (Å²) in [6, 6.07) is 11.9. The summed E-state index contributed by atoms with van der Waals surface area (Å²) in [6.45, 7) is -0.358. The molecule has 0 saturated carbocycles. The number of pyridine rings is 1. The lowest BCUT2D eigenvalue weighted by Crippen LogP contribution is -2.24. The predicted molar refractivity (Wildman–Crippen MR) is 131 cm³/mol. The Balaban J connectivity index is 1.45. The molecule has 1 aromatic carbocycles. The maximum Gasteiger partial charge on any atom is 0.280 e. The molecule has 3 unspecified atom stereocenters. The molecule has 13 heteroatoms. The van der Waals surface area contributed by atoms with Crippen molar-refractivity contribution in [3.8, 4) is 11.1 Å². The van der Waals surface area contributed by atoms with Gasteiger partial charge < -0.3 is 25.3 Å². The zero-order valence-electron chi connectivity index (χ0n) is 19.2. The summed E-state index contributed by atoms with van der Waals surface area (Å²) in [4.78, 5) is 32.8. The van der Waals surface area contributed by atoms with Gasteiger partial charge in [0.1, 0.15) is 12.3 Å². The topological polar surface area (TPSA) is 182 Å². The number of aliphatic hydroxyl groups excluding tert-OH is 2. The number of anilines is 3. The van der Waals surface area contributed by atoms with Gasteiger partial charge in [0, 0.05) is 25.2 Å². The average molecular weight is 489 g/mol. The first-order chi connectivity index (χ1) is 17.4. The number of imidazole rings is 2. The van der Waals surface area contributed by atoms with Gasteiger partial charge in [-0.2, -0.15) is 9.97 Å². The van der Waals surface area contributed by atoms with E-state index in [1.807, 2.05) is 48.0 Å². The van der Waals surface area contributed by atoms with Crippen molar-refractivity contribution in [2.24, 2.45) is 7.05 Å². The molecule has 0 amide bonds. The highest BCUT2D eigenvalue weighted by molar-refractivity contribution is 5.82. The Bertz CT molecular complexity index is 1640. The lowest BCUT2D eigenvalue weighted by atomic mass is 10.1. The summed E-state index contributed by atoms with van der Waals surface area (Å²) in [5.74, 6) is 0.546. The fourth-order valence-electron chi connectivity index (χ4n) is 4.47. The van der Waals surface area contributed by atoms with Crippen LogP contribution >= 0.6 is 0 Å². The molecule has 0 spiro atoms. The molecular weight excluding hydrogens is 466 g/mol. The van der Waals surface area contributed by atoms with Gasteiger partial charge in [0.25, 0.3) is 5.56 Å². The first-order valence-corrected chi connectivity index (χ1v) is 11.3. The number of nitrogens with two attached hydrogens (primary N) is 1. The van der Waals surface area contributed by atoms with Crippen LogP contribution in [0.1, 0.15) is 12.6 Å². The molecule has 13 nitrogen and oxygen atoms in total. The monoisotopic (exact) mass is 489 g/mol. The number of benzene rings is 1. The Hall–Kier alpha value is -4.33. The largest absolute Gasteiger partial charge is 0.394 e. The maximum absolute atomic E-state index is 12.6. The van der Waals surface area contributed by atoms with Crippen molar-refractivity contribution in [1.29, 1.82) is 0 Å². The standard InChI is InChI=1S/C23H23N9O4/c1-31-13-7-12(11-5-3-2-4-6-11)9-25-18(13)27-22(31)30-23-26-17-19(28-21(24)29-20(17)35)32(23)16-8-14(34)15(10-33)36-16/h2-7,9,14-16,33-34H,8,10H2,1H3,(H3,24,28,29,35)(H,25,26,27,30). The molecule has 1 saturated heterocycles. The lowest BCUT2D eigenvalue weighted by molar-refractivity contribution is -0.0425. The van der Waals surface area contributed by atoms with E-state index in [-0.39, 0.29) is 36.1 Å². The number of fused-ring (bicyclic) bond motifs is 2. The van der Waals surface area contributed by atoms with Crippen LogP contribution in [0.4, 0.5) is 17.8 Å². The Morgan fingerprint density at radius 3 is 2.75 bits per heavy atom. The second kappa shape index (κ2) is 8.41. The van der Waals surface area contributed by atoms with E-state index in [2.05, 4.69) is 30.2 Å². The zero-order chi connectivity index (χ0) is 25.0. The molecule has 0 bridgehead atoms. The van der Waals surface area contributed by atoms with E-state index in [1.165, 1.54) is 0 Å². The second-order valence-corrected chi connectivity index (χ2v) is 8.60. The zero-order valence-corrected chi connectivity index (χ0v) is 19.2. The number of nitrogen functional groups attached to an aromatic ring is 1. The van der Waals surface area contributed by atoms with Crippen molar-refractivity contribution in [3.63, 3.8) is 0 Å². The molecule has 1 fully saturated rings. The molecule has 6 rings (SSSR count). The van der Waals surface area contributed by atoms with E-state index in [4.69, 9.17) is 10.5 Å². The molecule has 184 valence electrons. The number of ether oxygens (including phenoxy) is 1. The minimum atomic E-state index is -0.902. The van der Waals surface area contributed by atoms with E-state index in [0.29, 0.717) is 11.6 Å². The quantitative estimate of drug-likeness (QED) is 0.239. The minimum Gasteiger partial charge on any atom is -0.394 e. The third-order valence-corrected chi connectivity index (χ3v) is 6.31. The number of nitrogens with one attached hydrogen (secondary N) is 2. The summed E-state index contributed by atoms with van der Waals surface area (Å²) in [6.07, 6.45) is -0.518. The van der Waals surface area contributed by atoms with Gasteiger partial charge in [0.15, 0.2) is 16.8 Å². The van der Waals surface area contributed by atoms with E-state index in [1.54, 1.807) is 10.8 Å². The van der Waals surface area contributed by atoms with E-state index in [9.17, 15) is 15.0 Å². The number of H-pyrrole nitrogens is 1. The number of rotatable bonds is 5. The van der Waals surface area contributed by atoms with Gasteiger partial charge in [-0.25, -0.2) is 9.97 Å². The molecule has 0 radical (unpaired) electrons. The summed E-state index contributed by atoms with van der Waals surface area (Å²) < 4.78 is 9.21. The number of nitrogens with zero attached hydrogens (tertiary/aromatic N) is 6. The van der Waals surface area contributed by atoms with Gasteiger partial charge in [0.05, 0.1) is 18.2 Å². The van der Waals surface area contributed by atoms with Gasteiger partial charge >= 0.3 is 0 Å². The number of aryl methyl sites for hydroxylation is 1. The van der Waals surface area contributed by atoms with Gasteiger partial charge in [-0.3, -0.25) is 19.7 Å². The van der Waals surface area contributed by atoms with Crippen molar-refractivity contribution in [2.45, 2.75) is 24.9 Å². The highest BCUT2D eigenvalue weighted by Crippen LogP contribution is 2.34. The Morgan fingerprint density at radius 2 is 2.00 bits per heavy atom. The van der Waals surface area contributed by atoms with Crippen LogP contribution in [-0.2, 0) is 11.8 Å². The highest BCUT2D eigenvalue weighted by atomic mass is 16.5. The second-order valence-electron chi connectivity index (χ2n) is 8.60. The first-order valence-electron chi connectivity index (χ1n) is 11.3. The lowest BCUT2D eigenvalue weighted by Gasteiger charge is -2.17. The molecule has 0 aliphatic carbocycles. The Morgan fingerprint density at radius 1 is 1.19 bits per heavy atom. The van der Waals surface area contributed by atoms with Crippen LogP contribution < -0.4 is 16.6 Å². The highest BCUT2D eigenvalue weighted by Gasteiger charge is 2.37. The molecule has 36 heavy (non-hydrogen) atoms.